The molecule has 3 N–H and O–H groups in total. The first-order chi connectivity index (χ1) is 9.45. The van der Waals surface area contributed by atoms with Crippen LogP contribution in [-0.2, 0) is 33.6 Å². The van der Waals surface area contributed by atoms with E-state index in [0.717, 1.165) is 19.8 Å². The maximum atomic E-state index is 8.88. The van der Waals surface area contributed by atoms with Gasteiger partial charge < -0.3 is 14.7 Å². The van der Waals surface area contributed by atoms with Gasteiger partial charge in [0.25, 0.3) is 0 Å². The van der Waals surface area contributed by atoms with Gasteiger partial charge in [0, 0.05) is 0 Å². The van der Waals surface area contributed by atoms with E-state index < -0.39 is 7.82 Å². The van der Waals surface area contributed by atoms with E-state index in [2.05, 4.69) is 60.7 Å². The molecular formula is C14H17AgO4P. The summed E-state index contributed by atoms with van der Waals surface area (Å²) in [5.41, 5.74) is 2.90. The van der Waals surface area contributed by atoms with Crippen molar-refractivity contribution in [1.29, 1.82) is 0 Å². The topological polar surface area (TPSA) is 77.8 Å². The molecule has 2 aromatic carbocycles. The van der Waals surface area contributed by atoms with Crippen LogP contribution in [0.1, 0.15) is 11.1 Å². The fourth-order valence-corrected chi connectivity index (χ4v) is 3.05. The summed E-state index contributed by atoms with van der Waals surface area (Å²) >= 11 is 0.968. The third-order valence-corrected chi connectivity index (χ3v) is 4.03. The van der Waals surface area contributed by atoms with Gasteiger partial charge in [-0.3, -0.25) is 0 Å². The molecule has 6 heteroatoms. The SMILES string of the molecule is O=P(O)(O)O.c1ccc([CH2][Ag][CH2]c2ccccc2)cc1. The van der Waals surface area contributed by atoms with Crippen LogP contribution in [0.5, 0.6) is 0 Å². The van der Waals surface area contributed by atoms with Crippen molar-refractivity contribution in [1.82, 2.24) is 0 Å². The van der Waals surface area contributed by atoms with Crippen LogP contribution in [0.15, 0.2) is 60.7 Å². The molecule has 0 unspecified atom stereocenters. The zero-order valence-electron chi connectivity index (χ0n) is 10.7. The Kier molecular flexibility index (Phi) is 8.04. The summed E-state index contributed by atoms with van der Waals surface area (Å²) in [4.78, 5) is 21.6. The Bertz CT molecular complexity index is 480. The molecular weight excluding hydrogens is 371 g/mol. The van der Waals surface area contributed by atoms with Crippen LogP contribution in [0.4, 0.5) is 0 Å². The van der Waals surface area contributed by atoms with E-state index in [4.69, 9.17) is 19.2 Å². The number of hydrogen-bond acceptors (Lipinski definition) is 1. The maximum absolute atomic E-state index is 8.88. The molecule has 0 fully saturated rings. The van der Waals surface area contributed by atoms with Crippen LogP contribution in [0, 0.1) is 0 Å². The molecule has 0 aliphatic rings. The zero-order chi connectivity index (χ0) is 14.8. The van der Waals surface area contributed by atoms with Gasteiger partial charge in [-0.25, -0.2) is 4.57 Å². The molecule has 0 radical (unpaired) electrons. The van der Waals surface area contributed by atoms with Crippen molar-refractivity contribution >= 4 is 7.82 Å². The number of hydrogen-bond donors (Lipinski definition) is 3. The second-order valence-corrected chi connectivity index (χ2v) is 6.66. The van der Waals surface area contributed by atoms with E-state index in [0.29, 0.717) is 0 Å². The Hall–Kier alpha value is -0.710. The van der Waals surface area contributed by atoms with Gasteiger partial charge in [0.05, 0.1) is 0 Å². The molecule has 0 amide bonds. The van der Waals surface area contributed by atoms with Gasteiger partial charge in [-0.05, 0) is 0 Å². The van der Waals surface area contributed by atoms with Crippen molar-refractivity contribution in [3.05, 3.63) is 71.8 Å². The molecule has 113 valence electrons. The van der Waals surface area contributed by atoms with Gasteiger partial charge in [-0.1, -0.05) is 0 Å². The summed E-state index contributed by atoms with van der Waals surface area (Å²) in [7, 11) is -4.64. The van der Waals surface area contributed by atoms with E-state index in [9.17, 15) is 0 Å². The minimum atomic E-state index is -4.64. The Morgan fingerprint density at radius 1 is 0.750 bits per heavy atom. The van der Waals surface area contributed by atoms with E-state index in [1.165, 1.54) is 20.4 Å². The van der Waals surface area contributed by atoms with E-state index in [1.54, 1.807) is 0 Å². The molecule has 0 saturated heterocycles. The van der Waals surface area contributed by atoms with Crippen LogP contribution in [0.3, 0.4) is 0 Å². The first-order valence-corrected chi connectivity index (χ1v) is 9.40. The Balaban J connectivity index is 0.000000347. The first-order valence-electron chi connectivity index (χ1n) is 5.74. The van der Waals surface area contributed by atoms with Crippen molar-refractivity contribution in [3.63, 3.8) is 0 Å². The van der Waals surface area contributed by atoms with Crippen molar-refractivity contribution in [2.45, 2.75) is 9.28 Å². The monoisotopic (exact) mass is 387 g/mol. The van der Waals surface area contributed by atoms with Gasteiger partial charge in [0.2, 0.25) is 0 Å². The molecule has 0 atom stereocenters. The average Bonchev–Trinajstić information content (AvgIpc) is 2.39. The van der Waals surface area contributed by atoms with Gasteiger partial charge >= 0.3 is 109 Å². The second kappa shape index (κ2) is 9.27. The molecule has 0 bridgehead atoms. The predicted molar refractivity (Wildman–Crippen MR) is 74.6 cm³/mol. The minimum absolute atomic E-state index is 0.968. The van der Waals surface area contributed by atoms with Crippen LogP contribution >= 0.6 is 7.82 Å². The normalized spacial score (nSPS) is 10.8. The number of phosphoric acid groups is 1. The van der Waals surface area contributed by atoms with Gasteiger partial charge in [-0.15, -0.1) is 0 Å². The van der Waals surface area contributed by atoms with Crippen molar-refractivity contribution in [3.8, 4) is 0 Å². The van der Waals surface area contributed by atoms with E-state index >= 15 is 0 Å². The van der Waals surface area contributed by atoms with Crippen molar-refractivity contribution in [2.75, 3.05) is 0 Å². The third-order valence-electron chi connectivity index (χ3n) is 2.08. The Labute approximate surface area is 128 Å². The summed E-state index contributed by atoms with van der Waals surface area (Å²) in [5, 5.41) is 0. The standard InChI is InChI=1S/2C7H7.Ag.H3O4P/c2*1-7-5-3-2-4-6-7;;1-5(2,3)4/h2*2-6H,1H2;;(H3,1,2,3,4). The Morgan fingerprint density at radius 2 is 1.05 bits per heavy atom. The Morgan fingerprint density at radius 3 is 1.35 bits per heavy atom. The molecule has 0 heterocycles. The number of rotatable bonds is 4. The van der Waals surface area contributed by atoms with Crippen LogP contribution in [0.2, 0.25) is 0 Å². The van der Waals surface area contributed by atoms with Gasteiger partial charge in [0.1, 0.15) is 0 Å². The summed E-state index contributed by atoms with van der Waals surface area (Å²) in [6.07, 6.45) is 0. The van der Waals surface area contributed by atoms with Crippen molar-refractivity contribution in [2.24, 2.45) is 0 Å². The van der Waals surface area contributed by atoms with Crippen LogP contribution in [0.25, 0.3) is 0 Å². The molecule has 2 rings (SSSR count). The zero-order valence-corrected chi connectivity index (χ0v) is 13.1. The molecule has 0 saturated carbocycles. The summed E-state index contributed by atoms with van der Waals surface area (Å²) in [6.45, 7) is 0. The molecule has 0 aliphatic heterocycles. The molecule has 2 aromatic rings. The fraction of sp³-hybridized carbons (Fsp3) is 0.143. The molecule has 20 heavy (non-hydrogen) atoms. The van der Waals surface area contributed by atoms with E-state index in [-0.39, 0.29) is 0 Å². The first kappa shape index (κ1) is 17.3. The summed E-state index contributed by atoms with van der Waals surface area (Å²) < 4.78 is 11.3. The molecule has 4 nitrogen and oxygen atoms in total. The number of benzene rings is 2. The quantitative estimate of drug-likeness (QED) is 0.556. The second-order valence-electron chi connectivity index (χ2n) is 3.85. The predicted octanol–water partition coefficient (Wildman–Crippen LogP) is 2.54. The molecule has 0 spiro atoms. The van der Waals surface area contributed by atoms with E-state index in [1.807, 2.05) is 0 Å². The van der Waals surface area contributed by atoms with Gasteiger partial charge in [0.15, 0.2) is 0 Å². The molecule has 0 aliphatic carbocycles. The summed E-state index contributed by atoms with van der Waals surface area (Å²) in [6, 6.07) is 21.4. The van der Waals surface area contributed by atoms with Gasteiger partial charge in [-0.2, -0.15) is 0 Å². The van der Waals surface area contributed by atoms with Crippen LogP contribution < -0.4 is 0 Å². The fourth-order valence-electron chi connectivity index (χ4n) is 1.31. The third kappa shape index (κ3) is 10.1. The van der Waals surface area contributed by atoms with Crippen molar-refractivity contribution < 1.29 is 39.0 Å². The van der Waals surface area contributed by atoms with Crippen LogP contribution in [-0.4, -0.2) is 14.7 Å². The summed E-state index contributed by atoms with van der Waals surface area (Å²) in [5.74, 6) is 0. The average molecular weight is 388 g/mol. The molecule has 0 aromatic heterocycles.